The fourth-order valence-corrected chi connectivity index (χ4v) is 2.42. The first kappa shape index (κ1) is 11.5. The van der Waals surface area contributed by atoms with Gasteiger partial charge in [0.2, 0.25) is 5.91 Å². The van der Waals surface area contributed by atoms with Crippen LogP contribution >= 0.6 is 15.9 Å². The smallest absolute Gasteiger partial charge is 0.216 e. The molecular weight excluding hydrogens is 268 g/mol. The zero-order valence-corrected chi connectivity index (χ0v) is 10.8. The van der Waals surface area contributed by atoms with Crippen LogP contribution in [-0.4, -0.2) is 19.0 Å². The van der Waals surface area contributed by atoms with Gasteiger partial charge in [-0.15, -0.1) is 0 Å². The third-order valence-electron chi connectivity index (χ3n) is 2.86. The number of nitrogens with one attached hydrogen (secondary N) is 2. The molecule has 1 aromatic rings. The summed E-state index contributed by atoms with van der Waals surface area (Å²) in [5, 5.41) is 6.23. The Morgan fingerprint density at radius 1 is 1.62 bits per heavy atom. The second-order valence-corrected chi connectivity index (χ2v) is 5.00. The second-order valence-electron chi connectivity index (χ2n) is 4.08. The highest BCUT2D eigenvalue weighted by Crippen LogP contribution is 2.35. The van der Waals surface area contributed by atoms with Gasteiger partial charge in [0.05, 0.1) is 0 Å². The molecule has 16 heavy (non-hydrogen) atoms. The summed E-state index contributed by atoms with van der Waals surface area (Å²) in [5.41, 5.74) is 2.57. The summed E-state index contributed by atoms with van der Waals surface area (Å²) in [7, 11) is 0. The van der Waals surface area contributed by atoms with Crippen molar-refractivity contribution in [2.45, 2.75) is 19.3 Å². The molecule has 0 aromatic heterocycles. The van der Waals surface area contributed by atoms with Crippen molar-refractivity contribution in [3.05, 3.63) is 28.2 Å². The lowest BCUT2D eigenvalue weighted by Gasteiger charge is -2.10. The van der Waals surface area contributed by atoms with E-state index in [1.54, 1.807) is 6.92 Å². The van der Waals surface area contributed by atoms with Crippen molar-refractivity contribution in [3.8, 4) is 0 Å². The van der Waals surface area contributed by atoms with Crippen molar-refractivity contribution in [3.63, 3.8) is 0 Å². The molecule has 0 bridgehead atoms. The molecule has 0 aliphatic carbocycles. The Balaban J connectivity index is 1.98. The van der Waals surface area contributed by atoms with E-state index in [0.717, 1.165) is 24.0 Å². The molecule has 1 atom stereocenters. The van der Waals surface area contributed by atoms with Gasteiger partial charge in [-0.05, 0) is 24.1 Å². The molecule has 0 spiro atoms. The number of amides is 1. The minimum absolute atomic E-state index is 0.0435. The van der Waals surface area contributed by atoms with E-state index in [1.165, 1.54) is 11.3 Å². The first-order valence-electron chi connectivity index (χ1n) is 5.44. The predicted octanol–water partition coefficient (Wildman–Crippen LogP) is 2.48. The predicted molar refractivity (Wildman–Crippen MR) is 68.7 cm³/mol. The summed E-state index contributed by atoms with van der Waals surface area (Å²) in [4.78, 5) is 10.8. The number of rotatable bonds is 3. The van der Waals surface area contributed by atoms with Crippen LogP contribution in [-0.2, 0) is 4.79 Å². The highest BCUT2D eigenvalue weighted by Gasteiger charge is 2.21. The number of benzene rings is 1. The Morgan fingerprint density at radius 3 is 3.19 bits per heavy atom. The van der Waals surface area contributed by atoms with Crippen LogP contribution in [0, 0.1) is 0 Å². The maximum Gasteiger partial charge on any atom is 0.216 e. The quantitative estimate of drug-likeness (QED) is 0.894. The molecule has 2 N–H and O–H groups in total. The molecule has 4 heteroatoms. The normalized spacial score (nSPS) is 17.8. The fourth-order valence-electron chi connectivity index (χ4n) is 2.06. The van der Waals surface area contributed by atoms with Crippen molar-refractivity contribution in [2.24, 2.45) is 0 Å². The molecular formula is C12H15BrN2O. The lowest BCUT2D eigenvalue weighted by atomic mass is 9.98. The number of fused-ring (bicyclic) bond motifs is 1. The minimum atomic E-state index is 0.0435. The van der Waals surface area contributed by atoms with Crippen LogP contribution in [0.5, 0.6) is 0 Å². The first-order valence-corrected chi connectivity index (χ1v) is 6.24. The van der Waals surface area contributed by atoms with Crippen LogP contribution in [0.2, 0.25) is 0 Å². The lowest BCUT2D eigenvalue weighted by Crippen LogP contribution is -2.22. The molecule has 86 valence electrons. The van der Waals surface area contributed by atoms with Gasteiger partial charge in [0.1, 0.15) is 0 Å². The highest BCUT2D eigenvalue weighted by molar-refractivity contribution is 9.10. The van der Waals surface area contributed by atoms with Gasteiger partial charge in [0, 0.05) is 36.1 Å². The molecule has 1 heterocycles. The van der Waals surface area contributed by atoms with Crippen LogP contribution in [0.15, 0.2) is 22.7 Å². The van der Waals surface area contributed by atoms with Gasteiger partial charge in [0.25, 0.3) is 0 Å². The number of hydrogen-bond donors (Lipinski definition) is 2. The van der Waals surface area contributed by atoms with E-state index in [4.69, 9.17) is 0 Å². The highest BCUT2D eigenvalue weighted by atomic mass is 79.9. The van der Waals surface area contributed by atoms with E-state index in [9.17, 15) is 4.79 Å². The van der Waals surface area contributed by atoms with Crippen LogP contribution in [0.3, 0.4) is 0 Å². The Kier molecular flexibility index (Phi) is 3.49. The van der Waals surface area contributed by atoms with Crippen LogP contribution in [0.4, 0.5) is 5.69 Å². The molecule has 1 aliphatic heterocycles. The largest absolute Gasteiger partial charge is 0.384 e. The number of carbonyl (C=O) groups is 1. The standard InChI is InChI=1S/C12H15BrN2O/c1-8(16)14-5-4-9-7-15-12-6-10(13)2-3-11(9)12/h2-3,6,9,15H,4-5,7H2,1H3,(H,14,16). The monoisotopic (exact) mass is 282 g/mol. The maximum atomic E-state index is 10.8. The van der Waals surface area contributed by atoms with Crippen molar-refractivity contribution >= 4 is 27.5 Å². The van der Waals surface area contributed by atoms with Gasteiger partial charge >= 0.3 is 0 Å². The summed E-state index contributed by atoms with van der Waals surface area (Å²) in [6.45, 7) is 3.26. The summed E-state index contributed by atoms with van der Waals surface area (Å²) < 4.78 is 1.10. The SMILES string of the molecule is CC(=O)NCCC1CNc2cc(Br)ccc21. The van der Waals surface area contributed by atoms with E-state index < -0.39 is 0 Å². The number of carbonyl (C=O) groups excluding carboxylic acids is 1. The summed E-state index contributed by atoms with van der Waals surface area (Å²) in [6, 6.07) is 6.32. The van der Waals surface area contributed by atoms with Crippen molar-refractivity contribution in [2.75, 3.05) is 18.4 Å². The van der Waals surface area contributed by atoms with E-state index in [-0.39, 0.29) is 5.91 Å². The van der Waals surface area contributed by atoms with Crippen molar-refractivity contribution in [1.29, 1.82) is 0 Å². The maximum absolute atomic E-state index is 10.8. The molecule has 1 aliphatic rings. The van der Waals surface area contributed by atoms with E-state index >= 15 is 0 Å². The molecule has 0 fully saturated rings. The third-order valence-corrected chi connectivity index (χ3v) is 3.35. The van der Waals surface area contributed by atoms with Crippen molar-refractivity contribution in [1.82, 2.24) is 5.32 Å². The number of anilines is 1. The van der Waals surface area contributed by atoms with Crippen LogP contribution in [0.25, 0.3) is 0 Å². The molecule has 0 saturated heterocycles. The van der Waals surface area contributed by atoms with Gasteiger partial charge in [-0.1, -0.05) is 22.0 Å². The van der Waals surface area contributed by atoms with Crippen molar-refractivity contribution < 1.29 is 4.79 Å². The number of halogens is 1. The Labute approximate surface area is 104 Å². The van der Waals surface area contributed by atoms with Gasteiger partial charge in [-0.25, -0.2) is 0 Å². The molecule has 3 nitrogen and oxygen atoms in total. The topological polar surface area (TPSA) is 41.1 Å². The summed E-state index contributed by atoms with van der Waals surface area (Å²) in [6.07, 6.45) is 0.987. The number of hydrogen-bond acceptors (Lipinski definition) is 2. The average Bonchev–Trinajstić information content (AvgIpc) is 2.60. The Hall–Kier alpha value is -1.03. The van der Waals surface area contributed by atoms with Gasteiger partial charge in [-0.3, -0.25) is 4.79 Å². The molecule has 1 aromatic carbocycles. The molecule has 1 amide bonds. The first-order chi connectivity index (χ1) is 7.66. The molecule has 1 unspecified atom stereocenters. The zero-order chi connectivity index (χ0) is 11.5. The molecule has 2 rings (SSSR count). The minimum Gasteiger partial charge on any atom is -0.384 e. The van der Waals surface area contributed by atoms with Gasteiger partial charge < -0.3 is 10.6 Å². The lowest BCUT2D eigenvalue weighted by molar-refractivity contribution is -0.118. The van der Waals surface area contributed by atoms with Crippen LogP contribution in [0.1, 0.15) is 24.8 Å². The average molecular weight is 283 g/mol. The summed E-state index contributed by atoms with van der Waals surface area (Å²) in [5.74, 6) is 0.553. The Bertz CT molecular complexity index is 406. The molecule has 0 saturated carbocycles. The fraction of sp³-hybridized carbons (Fsp3) is 0.417. The molecule has 0 radical (unpaired) electrons. The third kappa shape index (κ3) is 2.55. The zero-order valence-electron chi connectivity index (χ0n) is 9.22. The van der Waals surface area contributed by atoms with Gasteiger partial charge in [-0.2, -0.15) is 0 Å². The van der Waals surface area contributed by atoms with Crippen LogP contribution < -0.4 is 10.6 Å². The Morgan fingerprint density at radius 2 is 2.44 bits per heavy atom. The summed E-state index contributed by atoms with van der Waals surface area (Å²) >= 11 is 3.46. The second kappa shape index (κ2) is 4.87. The van der Waals surface area contributed by atoms with Gasteiger partial charge in [0.15, 0.2) is 0 Å². The van der Waals surface area contributed by atoms with E-state index in [2.05, 4.69) is 44.8 Å². The van der Waals surface area contributed by atoms with E-state index in [0.29, 0.717) is 5.92 Å². The van der Waals surface area contributed by atoms with E-state index in [1.807, 2.05) is 0 Å².